The number of carboxylic acids is 3. The van der Waals surface area contributed by atoms with Crippen LogP contribution in [0.2, 0.25) is 0 Å². The van der Waals surface area contributed by atoms with Gasteiger partial charge < -0.3 is 53.2 Å². The molecule has 0 saturated heterocycles. The van der Waals surface area contributed by atoms with E-state index in [1.54, 1.807) is 68.4 Å². The zero-order chi connectivity index (χ0) is 43.0. The van der Waals surface area contributed by atoms with Crippen molar-refractivity contribution in [2.75, 3.05) is 13.2 Å². The topological polar surface area (TPSA) is 278 Å². The first-order chi connectivity index (χ1) is 29.0. The molecule has 0 saturated carbocycles. The van der Waals surface area contributed by atoms with E-state index in [1.165, 1.54) is 18.2 Å². The maximum Gasteiger partial charge on any atom is 3.00 e. The Bertz CT molecular complexity index is 2450. The van der Waals surface area contributed by atoms with Gasteiger partial charge >= 0.3 is 49.4 Å². The van der Waals surface area contributed by atoms with Crippen LogP contribution in [0.25, 0.3) is 68.1 Å². The van der Waals surface area contributed by atoms with E-state index in [0.717, 1.165) is 0 Å². The summed E-state index contributed by atoms with van der Waals surface area (Å²) in [6, 6.07) is 35.5. The summed E-state index contributed by atoms with van der Waals surface area (Å²) in [6.07, 6.45) is 0. The molecule has 9 rings (SSSR count). The zero-order valence-corrected chi connectivity index (χ0v) is 34.6. The average molecular weight is 962 g/mol. The fourth-order valence-electron chi connectivity index (χ4n) is 4.95. The summed E-state index contributed by atoms with van der Waals surface area (Å²) in [5, 5.41) is 47.3. The number of carboxylic acid groups (broad SMARTS) is 3. The first-order valence-electron chi connectivity index (χ1n) is 17.9. The molecule has 18 heteroatoms. The molecule has 0 unspecified atom stereocenters. The fourth-order valence-corrected chi connectivity index (χ4v) is 4.95. The predicted octanol–water partition coefficient (Wildman–Crippen LogP) is 3.76. The van der Waals surface area contributed by atoms with E-state index < -0.39 is 17.9 Å². The smallest absolute Gasteiger partial charge is 0.543 e. The number of carbonyl (C=O) groups excluding carboxylic acids is 3. The van der Waals surface area contributed by atoms with E-state index in [4.69, 9.17) is 23.5 Å². The Morgan fingerprint density at radius 3 is 0.902 bits per heavy atom. The number of aromatic nitrogens is 6. The van der Waals surface area contributed by atoms with Crippen LogP contribution in [0.15, 0.2) is 141 Å². The number of oxazole rings is 3. The van der Waals surface area contributed by atoms with Crippen LogP contribution in [0.5, 0.6) is 0 Å². The van der Waals surface area contributed by atoms with Gasteiger partial charge in [-0.25, -0.2) is 29.9 Å². The van der Waals surface area contributed by atoms with E-state index in [0.29, 0.717) is 68.1 Å². The van der Waals surface area contributed by atoms with Crippen LogP contribution < -0.4 is 15.3 Å². The summed E-state index contributed by atoms with van der Waals surface area (Å²) in [5.41, 5.74) is 4.68. The average Bonchev–Trinajstić information content (AvgIpc) is 4.02. The van der Waals surface area contributed by atoms with Gasteiger partial charge in [-0.2, -0.15) is 0 Å². The second-order valence-electron chi connectivity index (χ2n) is 11.7. The standard InChI is InChI=1S/3C13H8N2O3.2C2H6O.Eu/c3*16-13(17)10-6-3-5-9(14-10)12-15-8-4-1-2-7-11(8)18-12;2*1-2-3;/h3*1-7H,(H,16,17);2*3H,2H2,1H3;/q;;;;;+3/p-3. The van der Waals surface area contributed by atoms with Crippen molar-refractivity contribution in [3.05, 3.63) is 144 Å². The van der Waals surface area contributed by atoms with E-state index in [9.17, 15) is 29.7 Å². The SMILES string of the molecule is CCO.CCO.O=C([O-])c1cccc(-c2nc3ccccc3o2)n1.O=C([O-])c1cccc(-c2nc3ccccc3o2)n1.O=C([O-])c1cccc(-c2nc3ccccc3o2)n1.[Eu+3]. The minimum Gasteiger partial charge on any atom is -0.543 e. The van der Waals surface area contributed by atoms with Gasteiger partial charge in [-0.05, 0) is 86.6 Å². The molecule has 308 valence electrons. The van der Waals surface area contributed by atoms with Crippen LogP contribution in [-0.2, 0) is 0 Å². The molecule has 0 atom stereocenters. The molecular weight excluding hydrogens is 928 g/mol. The van der Waals surface area contributed by atoms with Gasteiger partial charge in [0.25, 0.3) is 0 Å². The number of hydrogen-bond donors (Lipinski definition) is 2. The molecule has 61 heavy (non-hydrogen) atoms. The van der Waals surface area contributed by atoms with E-state index in [2.05, 4.69) is 29.9 Å². The van der Waals surface area contributed by atoms with Crippen LogP contribution >= 0.6 is 0 Å². The molecule has 2 N–H and O–H groups in total. The Hall–Kier alpha value is -6.57. The molecule has 6 aromatic heterocycles. The number of nitrogens with zero attached hydrogens (tertiary/aromatic N) is 6. The molecule has 0 spiro atoms. The van der Waals surface area contributed by atoms with Crippen molar-refractivity contribution in [2.24, 2.45) is 0 Å². The van der Waals surface area contributed by atoms with E-state index in [1.807, 2.05) is 54.6 Å². The number of aromatic carboxylic acids is 3. The molecule has 0 amide bonds. The molecule has 0 radical (unpaired) electrons. The summed E-state index contributed by atoms with van der Waals surface area (Å²) in [4.78, 5) is 56.7. The number of benzene rings is 3. The summed E-state index contributed by atoms with van der Waals surface area (Å²) in [7, 11) is 0. The third-order valence-corrected chi connectivity index (χ3v) is 7.41. The van der Waals surface area contributed by atoms with Crippen LogP contribution in [0.1, 0.15) is 45.3 Å². The van der Waals surface area contributed by atoms with Gasteiger partial charge in [0, 0.05) is 13.2 Å². The number of aliphatic hydroxyl groups is 2. The Kier molecular flexibility index (Phi) is 18.0. The summed E-state index contributed by atoms with van der Waals surface area (Å²) >= 11 is 0. The number of rotatable bonds is 6. The maximum absolute atomic E-state index is 10.7. The van der Waals surface area contributed by atoms with Crippen LogP contribution in [-0.4, -0.2) is 71.2 Å². The third-order valence-electron chi connectivity index (χ3n) is 7.41. The second kappa shape index (κ2) is 23.3. The second-order valence-corrected chi connectivity index (χ2v) is 11.7. The monoisotopic (exact) mass is 962 g/mol. The van der Waals surface area contributed by atoms with Crippen molar-refractivity contribution in [1.29, 1.82) is 0 Å². The molecule has 0 fully saturated rings. The normalized spacial score (nSPS) is 10.0. The van der Waals surface area contributed by atoms with Gasteiger partial charge in [-0.3, -0.25) is 0 Å². The molecule has 17 nitrogen and oxygen atoms in total. The Labute approximate surface area is 387 Å². The summed E-state index contributed by atoms with van der Waals surface area (Å²) < 4.78 is 16.5. The molecule has 9 aromatic rings. The quantitative estimate of drug-likeness (QED) is 0.240. The predicted molar refractivity (Wildman–Crippen MR) is 210 cm³/mol. The van der Waals surface area contributed by atoms with Crippen LogP contribution in [0, 0.1) is 49.4 Å². The van der Waals surface area contributed by atoms with Crippen molar-refractivity contribution in [3.63, 3.8) is 0 Å². The molecular formula is C43H33EuN6O11. The minimum atomic E-state index is -1.33. The maximum atomic E-state index is 10.7. The first kappa shape index (κ1) is 47.1. The number of aliphatic hydroxyl groups excluding tert-OH is 2. The largest absolute Gasteiger partial charge is 3.00 e. The molecule has 0 aliphatic heterocycles. The van der Waals surface area contributed by atoms with Crippen molar-refractivity contribution < 1.29 is 103 Å². The van der Waals surface area contributed by atoms with Gasteiger partial charge in [0.1, 0.15) is 33.6 Å². The van der Waals surface area contributed by atoms with Gasteiger partial charge in [-0.15, -0.1) is 0 Å². The van der Waals surface area contributed by atoms with Gasteiger partial charge in [-0.1, -0.05) is 54.6 Å². The van der Waals surface area contributed by atoms with Crippen LogP contribution in [0.4, 0.5) is 0 Å². The third kappa shape index (κ3) is 13.0. The van der Waals surface area contributed by atoms with Crippen molar-refractivity contribution in [1.82, 2.24) is 29.9 Å². The summed E-state index contributed by atoms with van der Waals surface area (Å²) in [6.45, 7) is 3.86. The number of hydrogen-bond acceptors (Lipinski definition) is 17. The molecule has 0 aliphatic carbocycles. The number of fused-ring (bicyclic) bond motifs is 3. The molecule has 3 aromatic carbocycles. The van der Waals surface area contributed by atoms with E-state index >= 15 is 0 Å². The van der Waals surface area contributed by atoms with Crippen molar-refractivity contribution >= 4 is 51.2 Å². The number of para-hydroxylation sites is 6. The van der Waals surface area contributed by atoms with Crippen molar-refractivity contribution in [3.8, 4) is 34.8 Å². The molecule has 6 heterocycles. The Balaban J connectivity index is 0.000000187. The molecule has 0 bridgehead atoms. The molecule has 0 aliphatic rings. The number of pyridine rings is 3. The Morgan fingerprint density at radius 1 is 0.426 bits per heavy atom. The van der Waals surface area contributed by atoms with E-state index in [-0.39, 0.29) is 79.7 Å². The van der Waals surface area contributed by atoms with Gasteiger partial charge in [0.2, 0.25) is 17.7 Å². The van der Waals surface area contributed by atoms with Crippen LogP contribution in [0.3, 0.4) is 0 Å². The number of carbonyl (C=O) groups is 3. The van der Waals surface area contributed by atoms with Crippen molar-refractivity contribution in [2.45, 2.75) is 13.8 Å². The fraction of sp³-hybridized carbons (Fsp3) is 0.0930. The summed E-state index contributed by atoms with van der Waals surface area (Å²) in [5.74, 6) is -3.10. The van der Waals surface area contributed by atoms with Gasteiger partial charge in [0.15, 0.2) is 16.7 Å². The zero-order valence-electron chi connectivity index (χ0n) is 32.2. The first-order valence-corrected chi connectivity index (χ1v) is 17.9. The Morgan fingerprint density at radius 2 is 0.672 bits per heavy atom. The minimum absolute atomic E-state index is 0. The van der Waals surface area contributed by atoms with Gasteiger partial charge in [0.05, 0.1) is 35.0 Å².